The van der Waals surface area contributed by atoms with E-state index in [1.165, 1.54) is 0 Å². The topological polar surface area (TPSA) is 81.2 Å². The molecule has 2 aromatic carbocycles. The van der Waals surface area contributed by atoms with Gasteiger partial charge in [0.15, 0.2) is 12.5 Å². The molecule has 0 aliphatic carbocycles. The van der Waals surface area contributed by atoms with Crippen LogP contribution in [0.4, 0.5) is 0 Å². The first-order chi connectivity index (χ1) is 14.0. The monoisotopic (exact) mass is 408 g/mol. The maximum atomic E-state index is 12.3. The molecule has 2 N–H and O–H groups in total. The Morgan fingerprint density at radius 1 is 1.17 bits per heavy atom. The van der Waals surface area contributed by atoms with Crippen LogP contribution >= 0.6 is 12.2 Å². The number of fused-ring (bicyclic) bond motifs is 1. The van der Waals surface area contributed by atoms with Crippen LogP contribution in [0.3, 0.4) is 0 Å². The fraction of sp³-hybridized carbons (Fsp3) is 0.238. The molecule has 29 heavy (non-hydrogen) atoms. The zero-order valence-electron chi connectivity index (χ0n) is 16.3. The number of rotatable bonds is 6. The van der Waals surface area contributed by atoms with Crippen LogP contribution in [0.5, 0.6) is 0 Å². The molecule has 0 amide bonds. The van der Waals surface area contributed by atoms with Crippen LogP contribution in [0.25, 0.3) is 22.4 Å². The van der Waals surface area contributed by atoms with Crippen LogP contribution < -0.4 is 10.5 Å². The van der Waals surface area contributed by atoms with E-state index in [9.17, 15) is 4.79 Å². The van der Waals surface area contributed by atoms with E-state index in [1.54, 1.807) is 10.7 Å². The van der Waals surface area contributed by atoms with Gasteiger partial charge in [-0.15, -0.1) is 5.10 Å². The van der Waals surface area contributed by atoms with E-state index in [4.69, 9.17) is 16.6 Å². The second-order valence-corrected chi connectivity index (χ2v) is 7.31. The van der Waals surface area contributed by atoms with Crippen LogP contribution in [0, 0.1) is 11.8 Å². The van der Waals surface area contributed by atoms with Crippen LogP contribution in [-0.4, -0.2) is 26.3 Å². The van der Waals surface area contributed by atoms with Gasteiger partial charge in [0, 0.05) is 5.56 Å². The number of hydrogen-bond donors (Lipinski definition) is 2. The van der Waals surface area contributed by atoms with Gasteiger partial charge in [0.1, 0.15) is 6.54 Å². The summed E-state index contributed by atoms with van der Waals surface area (Å²) in [6.07, 6.45) is 0. The van der Waals surface area contributed by atoms with Crippen LogP contribution in [-0.2, 0) is 13.2 Å². The van der Waals surface area contributed by atoms with Crippen molar-refractivity contribution < 1.29 is 9.32 Å². The maximum absolute atomic E-state index is 12.3. The van der Waals surface area contributed by atoms with Crippen molar-refractivity contribution in [2.24, 2.45) is 0 Å². The highest BCUT2D eigenvalue weighted by Crippen LogP contribution is 2.21. The fourth-order valence-corrected chi connectivity index (χ4v) is 3.47. The van der Waals surface area contributed by atoms with Gasteiger partial charge in [-0.1, -0.05) is 30.3 Å². The van der Waals surface area contributed by atoms with Crippen LogP contribution in [0.1, 0.15) is 18.3 Å². The van der Waals surface area contributed by atoms with Crippen molar-refractivity contribution in [1.82, 2.24) is 19.7 Å². The molecule has 0 fully saturated rings. The van der Waals surface area contributed by atoms with E-state index in [-0.39, 0.29) is 5.56 Å². The summed E-state index contributed by atoms with van der Waals surface area (Å²) < 4.78 is 7.42. The summed E-state index contributed by atoms with van der Waals surface area (Å²) in [4.78, 5) is 21.3. The molecule has 0 aliphatic heterocycles. The summed E-state index contributed by atoms with van der Waals surface area (Å²) in [7, 11) is 0. The SMILES string of the molecule is CC[NH+](Cc1nc2ccccc2c(=O)[nH]1)Cn1nc(-c2ccccc2C)oc1=S. The minimum Gasteiger partial charge on any atom is -0.409 e. The Kier molecular flexibility index (Phi) is 5.37. The number of nitrogens with one attached hydrogen (secondary N) is 2. The van der Waals surface area contributed by atoms with Gasteiger partial charge in [-0.05, 0) is 49.8 Å². The van der Waals surface area contributed by atoms with E-state index in [1.807, 2.05) is 49.4 Å². The summed E-state index contributed by atoms with van der Waals surface area (Å²) >= 11 is 5.38. The number of aromatic nitrogens is 4. The number of nitrogens with zero attached hydrogens (tertiary/aromatic N) is 3. The van der Waals surface area contributed by atoms with E-state index in [0.29, 0.717) is 40.7 Å². The third-order valence-corrected chi connectivity index (χ3v) is 5.23. The minimum atomic E-state index is -0.124. The highest BCUT2D eigenvalue weighted by Gasteiger charge is 2.16. The Balaban J connectivity index is 1.58. The van der Waals surface area contributed by atoms with E-state index >= 15 is 0 Å². The first kappa shape index (κ1) is 19.2. The first-order valence-corrected chi connectivity index (χ1v) is 9.91. The third kappa shape index (κ3) is 4.03. The predicted octanol–water partition coefficient (Wildman–Crippen LogP) is 2.48. The molecule has 148 valence electrons. The number of H-pyrrole nitrogens is 1. The van der Waals surface area contributed by atoms with Crippen LogP contribution in [0.15, 0.2) is 57.7 Å². The van der Waals surface area contributed by atoms with Gasteiger partial charge in [0.05, 0.1) is 17.4 Å². The average Bonchev–Trinajstić information content (AvgIpc) is 3.08. The third-order valence-electron chi connectivity index (χ3n) is 4.93. The Morgan fingerprint density at radius 3 is 2.72 bits per heavy atom. The highest BCUT2D eigenvalue weighted by atomic mass is 32.1. The molecule has 0 spiro atoms. The predicted molar refractivity (Wildman–Crippen MR) is 113 cm³/mol. The summed E-state index contributed by atoms with van der Waals surface area (Å²) in [5.41, 5.74) is 2.58. The highest BCUT2D eigenvalue weighted by molar-refractivity contribution is 7.71. The molecule has 4 aromatic rings. The molecule has 0 radical (unpaired) electrons. The van der Waals surface area contributed by atoms with Crippen LogP contribution in [0.2, 0.25) is 0 Å². The van der Waals surface area contributed by atoms with Crippen molar-refractivity contribution in [3.05, 3.63) is 75.1 Å². The molecule has 8 heteroatoms. The Hall–Kier alpha value is -3.10. The second-order valence-electron chi connectivity index (χ2n) is 6.96. The standard InChI is InChI=1S/C21H21N5O2S/c1-3-25(12-18-22-17-11-7-6-10-16(17)19(27)23-18)13-26-21(29)28-20(24-26)15-9-5-4-8-14(15)2/h4-11H,3,12-13H2,1-2H3,(H,22,23,27)/p+1. The zero-order valence-corrected chi connectivity index (χ0v) is 17.1. The summed E-state index contributed by atoms with van der Waals surface area (Å²) in [6.45, 7) is 5.95. The van der Waals surface area contributed by atoms with Gasteiger partial charge in [-0.3, -0.25) is 4.79 Å². The van der Waals surface area contributed by atoms with E-state index < -0.39 is 0 Å². The molecule has 2 heterocycles. The molecule has 0 saturated heterocycles. The molecular formula is C21H22N5O2S+. The molecule has 0 saturated carbocycles. The lowest BCUT2D eigenvalue weighted by atomic mass is 10.1. The Labute approximate surface area is 172 Å². The molecular weight excluding hydrogens is 386 g/mol. The number of aryl methyl sites for hydroxylation is 1. The normalized spacial score (nSPS) is 12.3. The van der Waals surface area contributed by atoms with Gasteiger partial charge in [-0.2, -0.15) is 4.68 Å². The summed E-state index contributed by atoms with van der Waals surface area (Å²) in [5.74, 6) is 1.15. The van der Waals surface area contributed by atoms with Crippen molar-refractivity contribution in [2.45, 2.75) is 27.1 Å². The van der Waals surface area contributed by atoms with Crippen molar-refractivity contribution in [3.8, 4) is 11.5 Å². The van der Waals surface area contributed by atoms with E-state index in [2.05, 4.69) is 22.0 Å². The second kappa shape index (κ2) is 8.10. The maximum Gasteiger partial charge on any atom is 0.292 e. The lowest BCUT2D eigenvalue weighted by Gasteiger charge is -2.16. The van der Waals surface area contributed by atoms with E-state index in [0.717, 1.165) is 22.6 Å². The molecule has 2 aromatic heterocycles. The van der Waals surface area contributed by atoms with Crippen molar-refractivity contribution >= 4 is 23.1 Å². The Morgan fingerprint density at radius 2 is 1.93 bits per heavy atom. The lowest BCUT2D eigenvalue weighted by Crippen LogP contribution is -3.09. The van der Waals surface area contributed by atoms with Gasteiger partial charge in [0.2, 0.25) is 5.89 Å². The van der Waals surface area contributed by atoms with Gasteiger partial charge < -0.3 is 14.3 Å². The van der Waals surface area contributed by atoms with Crippen molar-refractivity contribution in [1.29, 1.82) is 0 Å². The molecule has 1 unspecified atom stereocenters. The average molecular weight is 409 g/mol. The largest absolute Gasteiger partial charge is 0.409 e. The van der Waals surface area contributed by atoms with Crippen molar-refractivity contribution in [3.63, 3.8) is 0 Å². The minimum absolute atomic E-state index is 0.124. The molecule has 7 nitrogen and oxygen atoms in total. The zero-order chi connectivity index (χ0) is 20.4. The molecule has 0 bridgehead atoms. The molecule has 0 aliphatic rings. The number of quaternary nitrogens is 1. The quantitative estimate of drug-likeness (QED) is 0.479. The number of para-hydroxylation sites is 1. The lowest BCUT2D eigenvalue weighted by molar-refractivity contribution is -0.936. The summed E-state index contributed by atoms with van der Waals surface area (Å²) in [5, 5.41) is 5.16. The first-order valence-electron chi connectivity index (χ1n) is 9.50. The number of aromatic amines is 1. The smallest absolute Gasteiger partial charge is 0.292 e. The molecule has 4 rings (SSSR count). The summed E-state index contributed by atoms with van der Waals surface area (Å²) in [6, 6.07) is 15.2. The Bertz CT molecular complexity index is 1270. The number of hydrogen-bond acceptors (Lipinski definition) is 5. The van der Waals surface area contributed by atoms with Gasteiger partial charge in [0.25, 0.3) is 10.4 Å². The fourth-order valence-electron chi connectivity index (χ4n) is 3.29. The van der Waals surface area contributed by atoms with Crippen molar-refractivity contribution in [2.75, 3.05) is 6.54 Å². The molecule has 1 atom stereocenters. The number of benzene rings is 2. The van der Waals surface area contributed by atoms with Gasteiger partial charge >= 0.3 is 0 Å². The van der Waals surface area contributed by atoms with Gasteiger partial charge in [-0.25, -0.2) is 4.98 Å².